The van der Waals surface area contributed by atoms with Gasteiger partial charge >= 0.3 is 0 Å². The van der Waals surface area contributed by atoms with E-state index in [9.17, 15) is 4.79 Å². The zero-order chi connectivity index (χ0) is 25.2. The van der Waals surface area contributed by atoms with Gasteiger partial charge in [0.2, 0.25) is 5.91 Å². The van der Waals surface area contributed by atoms with Gasteiger partial charge in [-0.1, -0.05) is 46.2 Å². The molecule has 0 radical (unpaired) electrons. The number of rotatable bonds is 8. The third-order valence-electron chi connectivity index (χ3n) is 8.36. The minimum atomic E-state index is 0.214. The molecule has 1 fully saturated rings. The van der Waals surface area contributed by atoms with Gasteiger partial charge in [-0.2, -0.15) is 0 Å². The van der Waals surface area contributed by atoms with Crippen molar-refractivity contribution >= 4 is 17.2 Å². The van der Waals surface area contributed by atoms with Crippen LogP contribution in [-0.4, -0.2) is 54.4 Å². The number of hydrogen-bond donors (Lipinski definition) is 0. The topological polar surface area (TPSA) is 36.4 Å². The standard InChI is InChI=1S/C30H45N3OS/c1-29(2)15-16-30(3,4)25-20-23(11-12-24(25)29)26-21-35-28(31-26)22-13-18-33(19-14-22)27(34)10-8-7-9-17-32(5)6/h11-12,20-22H,7-10,13-19H2,1-6H3. The maximum Gasteiger partial charge on any atom is 0.222 e. The van der Waals surface area contributed by atoms with E-state index in [-0.39, 0.29) is 10.8 Å². The molecule has 0 saturated carbocycles. The van der Waals surface area contributed by atoms with Gasteiger partial charge in [-0.25, -0.2) is 4.98 Å². The van der Waals surface area contributed by atoms with Gasteiger partial charge in [0, 0.05) is 36.4 Å². The lowest BCUT2D eigenvalue weighted by atomic mass is 9.63. The van der Waals surface area contributed by atoms with E-state index in [2.05, 4.69) is 75.2 Å². The molecule has 0 bridgehead atoms. The molecule has 192 valence electrons. The van der Waals surface area contributed by atoms with E-state index in [4.69, 9.17) is 4.98 Å². The van der Waals surface area contributed by atoms with E-state index in [0.29, 0.717) is 18.2 Å². The van der Waals surface area contributed by atoms with Crippen LogP contribution in [0.3, 0.4) is 0 Å². The van der Waals surface area contributed by atoms with Crippen LogP contribution in [0.15, 0.2) is 23.6 Å². The van der Waals surface area contributed by atoms with Crippen LogP contribution in [0.2, 0.25) is 0 Å². The number of unbranched alkanes of at least 4 members (excludes halogenated alkanes) is 2. The summed E-state index contributed by atoms with van der Waals surface area (Å²) in [6, 6.07) is 7.05. The predicted molar refractivity (Wildman–Crippen MR) is 148 cm³/mol. The maximum atomic E-state index is 12.6. The largest absolute Gasteiger partial charge is 0.343 e. The molecule has 4 rings (SSSR count). The van der Waals surface area contributed by atoms with Gasteiger partial charge in [-0.3, -0.25) is 4.79 Å². The maximum absolute atomic E-state index is 12.6. The minimum Gasteiger partial charge on any atom is -0.343 e. The van der Waals surface area contributed by atoms with E-state index in [1.807, 2.05) is 0 Å². The van der Waals surface area contributed by atoms with E-state index >= 15 is 0 Å². The van der Waals surface area contributed by atoms with Gasteiger partial charge in [0.25, 0.3) is 0 Å². The summed E-state index contributed by atoms with van der Waals surface area (Å²) in [7, 11) is 4.21. The highest BCUT2D eigenvalue weighted by atomic mass is 32.1. The number of amides is 1. The Labute approximate surface area is 217 Å². The summed E-state index contributed by atoms with van der Waals surface area (Å²) in [5, 5.41) is 3.48. The van der Waals surface area contributed by atoms with Gasteiger partial charge in [0.1, 0.15) is 0 Å². The quantitative estimate of drug-likeness (QED) is 0.370. The van der Waals surface area contributed by atoms with E-state index in [0.717, 1.165) is 51.0 Å². The second-order valence-electron chi connectivity index (χ2n) is 12.4. The molecule has 1 aromatic heterocycles. The highest BCUT2D eigenvalue weighted by Gasteiger charge is 2.37. The van der Waals surface area contributed by atoms with Crippen LogP contribution >= 0.6 is 11.3 Å². The molecule has 2 heterocycles. The molecule has 0 N–H and O–H groups in total. The number of likely N-dealkylation sites (tertiary alicyclic amines) is 1. The second-order valence-corrected chi connectivity index (χ2v) is 13.3. The highest BCUT2D eigenvalue weighted by molar-refractivity contribution is 7.10. The van der Waals surface area contributed by atoms with Crippen molar-refractivity contribution in [2.24, 2.45) is 0 Å². The van der Waals surface area contributed by atoms with Crippen molar-refractivity contribution in [2.45, 2.75) is 95.8 Å². The summed E-state index contributed by atoms with van der Waals surface area (Å²) in [6.07, 6.45) is 8.56. The van der Waals surface area contributed by atoms with Crippen molar-refractivity contribution in [3.8, 4) is 11.3 Å². The fourth-order valence-electron chi connectivity index (χ4n) is 5.77. The van der Waals surface area contributed by atoms with Gasteiger partial charge in [0.05, 0.1) is 10.7 Å². The normalized spacial score (nSPS) is 19.7. The number of fused-ring (bicyclic) bond motifs is 1. The fourth-order valence-corrected chi connectivity index (χ4v) is 6.77. The SMILES string of the molecule is CN(C)CCCCCC(=O)N1CCC(c2nc(-c3ccc4c(c3)C(C)(C)CCC4(C)C)cs2)CC1. The van der Waals surface area contributed by atoms with Crippen LogP contribution in [0.25, 0.3) is 11.3 Å². The third-order valence-corrected chi connectivity index (χ3v) is 9.37. The van der Waals surface area contributed by atoms with Gasteiger partial charge in [-0.05, 0) is 87.2 Å². The Hall–Kier alpha value is -1.72. The molecule has 1 aliphatic heterocycles. The molecule has 1 amide bonds. The highest BCUT2D eigenvalue weighted by Crippen LogP contribution is 2.47. The van der Waals surface area contributed by atoms with E-state index in [1.54, 1.807) is 11.3 Å². The Bertz CT molecular complexity index is 1010. The predicted octanol–water partition coefficient (Wildman–Crippen LogP) is 6.99. The van der Waals surface area contributed by atoms with Crippen molar-refractivity contribution in [3.05, 3.63) is 39.7 Å². The summed E-state index contributed by atoms with van der Waals surface area (Å²) < 4.78 is 0. The molecule has 35 heavy (non-hydrogen) atoms. The Balaban J connectivity index is 1.34. The van der Waals surface area contributed by atoms with E-state index < -0.39 is 0 Å². The number of thiazole rings is 1. The Kier molecular flexibility index (Phi) is 8.07. The minimum absolute atomic E-state index is 0.214. The molecule has 4 nitrogen and oxygen atoms in total. The van der Waals surface area contributed by atoms with Crippen LogP contribution in [0.1, 0.15) is 101 Å². The van der Waals surface area contributed by atoms with Crippen molar-refractivity contribution in [2.75, 3.05) is 33.7 Å². The summed E-state index contributed by atoms with van der Waals surface area (Å²) in [6.45, 7) is 12.4. The number of carbonyl (C=O) groups is 1. The number of piperidine rings is 1. The first-order chi connectivity index (χ1) is 16.6. The van der Waals surface area contributed by atoms with Crippen molar-refractivity contribution < 1.29 is 4.79 Å². The lowest BCUT2D eigenvalue weighted by Gasteiger charge is -2.42. The molecule has 0 unspecified atom stereocenters. The number of benzene rings is 1. The zero-order valence-corrected chi connectivity index (χ0v) is 23.6. The first-order valence-corrected chi connectivity index (χ1v) is 14.5. The first kappa shape index (κ1) is 26.3. The summed E-state index contributed by atoms with van der Waals surface area (Å²) in [4.78, 5) is 22.0. The van der Waals surface area contributed by atoms with Gasteiger partial charge in [-0.15, -0.1) is 11.3 Å². The van der Waals surface area contributed by atoms with Crippen molar-refractivity contribution in [1.82, 2.24) is 14.8 Å². The third kappa shape index (κ3) is 6.17. The summed E-state index contributed by atoms with van der Waals surface area (Å²) >= 11 is 1.80. The van der Waals surface area contributed by atoms with Gasteiger partial charge in [0.15, 0.2) is 0 Å². The van der Waals surface area contributed by atoms with Gasteiger partial charge < -0.3 is 9.80 Å². The molecular formula is C30H45N3OS. The smallest absolute Gasteiger partial charge is 0.222 e. The monoisotopic (exact) mass is 495 g/mol. The van der Waals surface area contributed by atoms with Crippen LogP contribution in [-0.2, 0) is 15.6 Å². The number of nitrogens with zero attached hydrogens (tertiary/aromatic N) is 3. The van der Waals surface area contributed by atoms with Crippen LogP contribution in [0.4, 0.5) is 0 Å². The number of hydrogen-bond acceptors (Lipinski definition) is 4. The molecule has 0 spiro atoms. The van der Waals surface area contributed by atoms with Crippen LogP contribution in [0, 0.1) is 0 Å². The molecule has 1 aliphatic carbocycles. The molecular weight excluding hydrogens is 450 g/mol. The lowest BCUT2D eigenvalue weighted by molar-refractivity contribution is -0.132. The molecule has 2 aliphatic rings. The average Bonchev–Trinajstić information content (AvgIpc) is 3.32. The van der Waals surface area contributed by atoms with Crippen LogP contribution in [0.5, 0.6) is 0 Å². The molecule has 1 saturated heterocycles. The van der Waals surface area contributed by atoms with E-state index in [1.165, 1.54) is 41.0 Å². The second kappa shape index (κ2) is 10.7. The zero-order valence-electron chi connectivity index (χ0n) is 22.8. The fraction of sp³-hybridized carbons (Fsp3) is 0.667. The number of carbonyl (C=O) groups excluding carboxylic acids is 1. The Morgan fingerprint density at radius 2 is 1.71 bits per heavy atom. The van der Waals surface area contributed by atoms with Crippen molar-refractivity contribution in [1.29, 1.82) is 0 Å². The molecule has 5 heteroatoms. The summed E-state index contributed by atoms with van der Waals surface area (Å²) in [5.74, 6) is 0.818. The van der Waals surface area contributed by atoms with Crippen LogP contribution < -0.4 is 0 Å². The lowest BCUT2D eigenvalue weighted by Crippen LogP contribution is -2.37. The molecule has 1 aromatic carbocycles. The Morgan fingerprint density at radius 1 is 1.03 bits per heavy atom. The molecule has 0 atom stereocenters. The Morgan fingerprint density at radius 3 is 2.40 bits per heavy atom. The average molecular weight is 496 g/mol. The first-order valence-electron chi connectivity index (χ1n) is 13.6. The number of aromatic nitrogens is 1. The van der Waals surface area contributed by atoms with Crippen molar-refractivity contribution in [3.63, 3.8) is 0 Å². The molecule has 2 aromatic rings. The summed E-state index contributed by atoms with van der Waals surface area (Å²) in [5.41, 5.74) is 5.82.